The van der Waals surface area contributed by atoms with E-state index in [1.165, 1.54) is 18.2 Å². The zero-order valence-electron chi connectivity index (χ0n) is 7.95. The molecule has 1 aromatic heterocycles. The number of para-hydroxylation sites is 1. The molecule has 6 heteroatoms. The van der Waals surface area contributed by atoms with E-state index in [1.807, 2.05) is 0 Å². The topological polar surface area (TPSA) is 101 Å². The van der Waals surface area contributed by atoms with Crippen molar-refractivity contribution in [2.45, 2.75) is 6.10 Å². The molecule has 0 aliphatic carbocycles. The summed E-state index contributed by atoms with van der Waals surface area (Å²) < 4.78 is 5.00. The number of carboxylic acid groups (broad SMARTS) is 1. The number of aliphatic hydroxyl groups is 1. The Morgan fingerprint density at radius 3 is 2.88 bits per heavy atom. The number of aliphatic hydroxyl groups excluding tert-OH is 1. The van der Waals surface area contributed by atoms with Crippen molar-refractivity contribution in [3.8, 4) is 0 Å². The van der Waals surface area contributed by atoms with Crippen LogP contribution in [0.4, 0.5) is 0 Å². The van der Waals surface area contributed by atoms with Gasteiger partial charge in [0, 0.05) is 5.56 Å². The molecule has 6 nitrogen and oxygen atoms in total. The van der Waals surface area contributed by atoms with Gasteiger partial charge in [-0.2, -0.15) is 0 Å². The molecule has 0 fully saturated rings. The van der Waals surface area contributed by atoms with E-state index in [0.717, 1.165) is 0 Å². The molecule has 0 aliphatic rings. The van der Waals surface area contributed by atoms with E-state index in [4.69, 9.17) is 9.52 Å². The van der Waals surface area contributed by atoms with Gasteiger partial charge in [-0.15, -0.1) is 0 Å². The van der Waals surface area contributed by atoms with E-state index in [9.17, 15) is 14.7 Å². The van der Waals surface area contributed by atoms with Gasteiger partial charge in [0.2, 0.25) is 6.29 Å². The van der Waals surface area contributed by atoms with Gasteiger partial charge in [-0.3, -0.25) is 4.79 Å². The number of carbonyl (C=O) groups is 2. The minimum Gasteiger partial charge on any atom is -0.479 e. The highest BCUT2D eigenvalue weighted by Gasteiger charge is 2.21. The van der Waals surface area contributed by atoms with Crippen LogP contribution < -0.4 is 0 Å². The van der Waals surface area contributed by atoms with Crippen LogP contribution >= 0.6 is 0 Å². The average Bonchev–Trinajstić information content (AvgIpc) is 2.70. The highest BCUT2D eigenvalue weighted by Crippen LogP contribution is 2.24. The Hall–Kier alpha value is -2.21. The van der Waals surface area contributed by atoms with Gasteiger partial charge in [-0.05, 0) is 6.07 Å². The maximum Gasteiger partial charge on any atom is 0.337 e. The number of fused-ring (bicyclic) bond motifs is 1. The van der Waals surface area contributed by atoms with Crippen LogP contribution in [0.15, 0.2) is 22.6 Å². The van der Waals surface area contributed by atoms with Crippen LogP contribution in [-0.4, -0.2) is 27.5 Å². The van der Waals surface area contributed by atoms with Gasteiger partial charge in [-0.1, -0.05) is 12.1 Å². The van der Waals surface area contributed by atoms with Gasteiger partial charge >= 0.3 is 5.97 Å². The van der Waals surface area contributed by atoms with Crippen molar-refractivity contribution in [1.82, 2.24) is 4.98 Å². The second-order valence-electron chi connectivity index (χ2n) is 3.10. The van der Waals surface area contributed by atoms with E-state index in [-0.39, 0.29) is 22.6 Å². The maximum atomic E-state index is 10.6. The SMILES string of the molecule is O=Cc1nc2c(C(O)C(=O)O)cccc2o1. The Kier molecular flexibility index (Phi) is 2.41. The normalized spacial score (nSPS) is 12.6. The standard InChI is InChI=1S/C10H7NO5/c12-4-7-11-8-5(9(13)10(14)15)2-1-3-6(8)16-7/h1-4,9,13H,(H,14,15). The van der Waals surface area contributed by atoms with Crippen molar-refractivity contribution in [1.29, 1.82) is 0 Å². The number of oxazole rings is 1. The van der Waals surface area contributed by atoms with Crippen molar-refractivity contribution in [3.63, 3.8) is 0 Å². The van der Waals surface area contributed by atoms with Crippen LogP contribution in [0.1, 0.15) is 22.4 Å². The second kappa shape index (κ2) is 3.74. The van der Waals surface area contributed by atoms with E-state index < -0.39 is 12.1 Å². The zero-order chi connectivity index (χ0) is 11.7. The lowest BCUT2D eigenvalue weighted by molar-refractivity contribution is -0.146. The molecule has 0 spiro atoms. The number of carbonyl (C=O) groups excluding carboxylic acids is 1. The molecule has 0 amide bonds. The number of hydrogen-bond acceptors (Lipinski definition) is 5. The quantitative estimate of drug-likeness (QED) is 0.742. The average molecular weight is 221 g/mol. The third-order valence-electron chi connectivity index (χ3n) is 2.10. The first-order valence-corrected chi connectivity index (χ1v) is 4.39. The highest BCUT2D eigenvalue weighted by molar-refractivity contribution is 5.86. The molecule has 2 rings (SSSR count). The number of aldehydes is 1. The predicted molar refractivity (Wildman–Crippen MR) is 52.0 cm³/mol. The van der Waals surface area contributed by atoms with E-state index in [2.05, 4.69) is 4.98 Å². The first-order valence-electron chi connectivity index (χ1n) is 4.39. The minimum absolute atomic E-state index is 0.0989. The van der Waals surface area contributed by atoms with Crippen LogP contribution in [-0.2, 0) is 4.79 Å². The van der Waals surface area contributed by atoms with Gasteiger partial charge in [0.05, 0.1) is 0 Å². The molecule has 82 valence electrons. The number of aliphatic carboxylic acids is 1. The molecule has 1 unspecified atom stereocenters. The van der Waals surface area contributed by atoms with Crippen LogP contribution in [0.25, 0.3) is 11.1 Å². The lowest BCUT2D eigenvalue weighted by Crippen LogP contribution is -2.10. The summed E-state index contributed by atoms with van der Waals surface area (Å²) in [6.07, 6.45) is -1.27. The molecule has 2 aromatic rings. The molecule has 2 N–H and O–H groups in total. The third kappa shape index (κ3) is 1.55. The van der Waals surface area contributed by atoms with Crippen molar-refractivity contribution in [2.24, 2.45) is 0 Å². The first-order chi connectivity index (χ1) is 7.63. The van der Waals surface area contributed by atoms with Crippen LogP contribution in [0, 0.1) is 0 Å². The molecule has 0 aliphatic heterocycles. The van der Waals surface area contributed by atoms with Gasteiger partial charge in [0.25, 0.3) is 5.89 Å². The van der Waals surface area contributed by atoms with E-state index in [0.29, 0.717) is 6.29 Å². The minimum atomic E-state index is -1.69. The van der Waals surface area contributed by atoms with Crippen LogP contribution in [0.5, 0.6) is 0 Å². The smallest absolute Gasteiger partial charge is 0.337 e. The molecule has 1 heterocycles. The van der Waals surface area contributed by atoms with Crippen molar-refractivity contribution < 1.29 is 24.2 Å². The van der Waals surface area contributed by atoms with Crippen LogP contribution in [0.3, 0.4) is 0 Å². The molecule has 0 saturated heterocycles. The molecule has 0 radical (unpaired) electrons. The Bertz CT molecular complexity index is 559. The maximum absolute atomic E-state index is 10.6. The summed E-state index contributed by atoms with van der Waals surface area (Å²) in [5, 5.41) is 18.1. The van der Waals surface area contributed by atoms with E-state index >= 15 is 0 Å². The third-order valence-corrected chi connectivity index (χ3v) is 2.10. The fraction of sp³-hybridized carbons (Fsp3) is 0.100. The first kappa shape index (κ1) is 10.3. The van der Waals surface area contributed by atoms with Gasteiger partial charge < -0.3 is 14.6 Å². The number of nitrogens with zero attached hydrogens (tertiary/aromatic N) is 1. The van der Waals surface area contributed by atoms with Crippen molar-refractivity contribution >= 4 is 23.4 Å². The molecule has 1 aromatic carbocycles. The lowest BCUT2D eigenvalue weighted by atomic mass is 10.1. The fourth-order valence-electron chi connectivity index (χ4n) is 1.39. The zero-order valence-corrected chi connectivity index (χ0v) is 7.95. The predicted octanol–water partition coefficient (Wildman–Crippen LogP) is 0.758. The second-order valence-corrected chi connectivity index (χ2v) is 3.10. The molecular formula is C10H7NO5. The molecule has 0 saturated carbocycles. The largest absolute Gasteiger partial charge is 0.479 e. The number of carboxylic acids is 1. The summed E-state index contributed by atoms with van der Waals surface area (Å²) in [6, 6.07) is 4.47. The summed E-state index contributed by atoms with van der Waals surface area (Å²) in [5.41, 5.74) is 0.543. The Morgan fingerprint density at radius 1 is 1.50 bits per heavy atom. The van der Waals surface area contributed by atoms with Crippen molar-refractivity contribution in [3.05, 3.63) is 29.7 Å². The number of hydrogen-bond donors (Lipinski definition) is 2. The molecular weight excluding hydrogens is 214 g/mol. The summed E-state index contributed by atoms with van der Waals surface area (Å²) in [4.78, 5) is 24.9. The van der Waals surface area contributed by atoms with Crippen LogP contribution in [0.2, 0.25) is 0 Å². The van der Waals surface area contributed by atoms with Gasteiger partial charge in [0.15, 0.2) is 11.7 Å². The molecule has 1 atom stereocenters. The number of aromatic nitrogens is 1. The fourth-order valence-corrected chi connectivity index (χ4v) is 1.39. The lowest BCUT2D eigenvalue weighted by Gasteiger charge is -2.04. The number of benzene rings is 1. The molecule has 16 heavy (non-hydrogen) atoms. The summed E-state index contributed by atoms with van der Waals surface area (Å²) >= 11 is 0. The van der Waals surface area contributed by atoms with E-state index in [1.54, 1.807) is 0 Å². The summed E-state index contributed by atoms with van der Waals surface area (Å²) in [7, 11) is 0. The Labute approximate surface area is 89.1 Å². The van der Waals surface area contributed by atoms with Crippen molar-refractivity contribution in [2.75, 3.05) is 0 Å². The number of rotatable bonds is 3. The Balaban J connectivity index is 2.65. The summed E-state index contributed by atoms with van der Waals surface area (Å²) in [5.74, 6) is -1.54. The van der Waals surface area contributed by atoms with Gasteiger partial charge in [0.1, 0.15) is 5.52 Å². The monoisotopic (exact) mass is 221 g/mol. The van der Waals surface area contributed by atoms with Gasteiger partial charge in [-0.25, -0.2) is 9.78 Å². The summed E-state index contributed by atoms with van der Waals surface area (Å²) in [6.45, 7) is 0. The Morgan fingerprint density at radius 2 is 2.25 bits per heavy atom. The highest BCUT2D eigenvalue weighted by atomic mass is 16.4. The molecule has 0 bridgehead atoms.